The van der Waals surface area contributed by atoms with Gasteiger partial charge < -0.3 is 9.84 Å². The molecule has 2 atom stereocenters. The molecule has 1 aliphatic carbocycles. The summed E-state index contributed by atoms with van der Waals surface area (Å²) in [5.41, 5.74) is 1.46. The normalized spacial score (nSPS) is 27.6. The monoisotopic (exact) mass is 248 g/mol. The highest BCUT2D eigenvalue weighted by atomic mass is 16.5. The molecule has 0 saturated heterocycles. The van der Waals surface area contributed by atoms with E-state index in [1.54, 1.807) is 7.11 Å². The first-order valence-electron chi connectivity index (χ1n) is 6.33. The number of Topliss-reactive ketones (excluding diaryl/α,β-unsaturated/α-hetero) is 1. The molecule has 0 amide bonds. The third kappa shape index (κ3) is 1.83. The molecular weight excluding hydrogens is 228 g/mol. The number of ether oxygens (including phenoxy) is 1. The number of aryl methyl sites for hydroxylation is 1. The summed E-state index contributed by atoms with van der Waals surface area (Å²) in [6, 6.07) is 5.85. The minimum absolute atomic E-state index is 0.0257. The smallest absolute Gasteiger partial charge is 0.143 e. The molecule has 1 aromatic rings. The molecule has 0 heterocycles. The average molecular weight is 248 g/mol. The summed E-state index contributed by atoms with van der Waals surface area (Å²) in [5.74, 6) is 1.08. The van der Waals surface area contributed by atoms with Gasteiger partial charge >= 0.3 is 0 Å². The maximum absolute atomic E-state index is 12.2. The molecule has 0 bridgehead atoms. The van der Waals surface area contributed by atoms with E-state index in [0.717, 1.165) is 23.3 Å². The van der Waals surface area contributed by atoms with E-state index in [0.29, 0.717) is 6.42 Å². The van der Waals surface area contributed by atoms with E-state index >= 15 is 0 Å². The van der Waals surface area contributed by atoms with E-state index in [2.05, 4.69) is 0 Å². The van der Waals surface area contributed by atoms with Crippen molar-refractivity contribution < 1.29 is 14.6 Å². The summed E-state index contributed by atoms with van der Waals surface area (Å²) < 4.78 is 5.24. The SMILES string of the molecule is COc1ccc(C2(C)C(=O)CCC2CO)cc1C. The maximum atomic E-state index is 12.2. The van der Waals surface area contributed by atoms with Crippen LogP contribution in [0.2, 0.25) is 0 Å². The second kappa shape index (κ2) is 4.73. The molecule has 3 nitrogen and oxygen atoms in total. The lowest BCUT2D eigenvalue weighted by atomic mass is 9.73. The average Bonchev–Trinajstić information content (AvgIpc) is 2.66. The molecule has 18 heavy (non-hydrogen) atoms. The maximum Gasteiger partial charge on any atom is 0.143 e. The highest BCUT2D eigenvalue weighted by Gasteiger charge is 2.46. The van der Waals surface area contributed by atoms with Gasteiger partial charge in [-0.3, -0.25) is 4.79 Å². The Morgan fingerprint density at radius 1 is 1.50 bits per heavy atom. The number of carbonyl (C=O) groups excluding carboxylic acids is 1. The number of aliphatic hydroxyl groups is 1. The first-order valence-corrected chi connectivity index (χ1v) is 6.33. The molecule has 1 N–H and O–H groups in total. The van der Waals surface area contributed by atoms with Gasteiger partial charge in [0.1, 0.15) is 11.5 Å². The van der Waals surface area contributed by atoms with Crippen LogP contribution in [-0.4, -0.2) is 24.6 Å². The third-order valence-corrected chi connectivity index (χ3v) is 4.33. The summed E-state index contributed by atoms with van der Waals surface area (Å²) >= 11 is 0. The predicted molar refractivity (Wildman–Crippen MR) is 69.9 cm³/mol. The van der Waals surface area contributed by atoms with Crippen LogP contribution >= 0.6 is 0 Å². The lowest BCUT2D eigenvalue weighted by Crippen LogP contribution is -2.35. The summed E-state index contributed by atoms with van der Waals surface area (Å²) in [4.78, 5) is 12.2. The zero-order valence-corrected chi connectivity index (χ0v) is 11.2. The zero-order valence-electron chi connectivity index (χ0n) is 11.2. The highest BCUT2D eigenvalue weighted by Crippen LogP contribution is 2.43. The lowest BCUT2D eigenvalue weighted by Gasteiger charge is -2.30. The summed E-state index contributed by atoms with van der Waals surface area (Å²) in [5, 5.41) is 9.47. The van der Waals surface area contributed by atoms with Gasteiger partial charge in [0, 0.05) is 13.0 Å². The molecule has 98 valence electrons. The van der Waals surface area contributed by atoms with E-state index in [4.69, 9.17) is 4.74 Å². The predicted octanol–water partition coefficient (Wildman–Crippen LogP) is 2.23. The minimum atomic E-state index is -0.550. The van der Waals surface area contributed by atoms with Gasteiger partial charge in [-0.1, -0.05) is 12.1 Å². The van der Waals surface area contributed by atoms with E-state index in [1.165, 1.54) is 0 Å². The van der Waals surface area contributed by atoms with Crippen LogP contribution in [0.25, 0.3) is 0 Å². The summed E-state index contributed by atoms with van der Waals surface area (Å²) in [6.45, 7) is 3.98. The van der Waals surface area contributed by atoms with Crippen molar-refractivity contribution in [2.75, 3.05) is 13.7 Å². The van der Waals surface area contributed by atoms with Crippen molar-refractivity contribution in [3.8, 4) is 5.75 Å². The van der Waals surface area contributed by atoms with Crippen LogP contribution in [0, 0.1) is 12.8 Å². The number of rotatable bonds is 3. The fourth-order valence-electron chi connectivity index (χ4n) is 2.95. The van der Waals surface area contributed by atoms with Crippen LogP contribution in [-0.2, 0) is 10.2 Å². The number of hydrogen-bond acceptors (Lipinski definition) is 3. The quantitative estimate of drug-likeness (QED) is 0.892. The van der Waals surface area contributed by atoms with E-state index in [1.807, 2.05) is 32.0 Å². The summed E-state index contributed by atoms with van der Waals surface area (Å²) in [7, 11) is 1.64. The van der Waals surface area contributed by atoms with Crippen LogP contribution in [0.5, 0.6) is 5.75 Å². The first-order chi connectivity index (χ1) is 8.53. The molecule has 0 spiro atoms. The molecule has 1 aromatic carbocycles. The van der Waals surface area contributed by atoms with E-state index in [9.17, 15) is 9.90 Å². The Balaban J connectivity index is 2.46. The Bertz CT molecular complexity index is 467. The van der Waals surface area contributed by atoms with Crippen molar-refractivity contribution >= 4 is 5.78 Å². The van der Waals surface area contributed by atoms with Gasteiger partial charge in [0.2, 0.25) is 0 Å². The number of benzene rings is 1. The number of carbonyl (C=O) groups is 1. The van der Waals surface area contributed by atoms with E-state index in [-0.39, 0.29) is 18.3 Å². The topological polar surface area (TPSA) is 46.5 Å². The molecule has 1 saturated carbocycles. The van der Waals surface area contributed by atoms with Gasteiger partial charge in [-0.05, 0) is 43.4 Å². The molecule has 2 unspecified atom stereocenters. The second-order valence-electron chi connectivity index (χ2n) is 5.23. The zero-order chi connectivity index (χ0) is 13.3. The number of aliphatic hydroxyl groups excluding tert-OH is 1. The number of methoxy groups -OCH3 is 1. The first kappa shape index (κ1) is 13.1. The lowest BCUT2D eigenvalue weighted by molar-refractivity contribution is -0.122. The Labute approximate surface area is 108 Å². The van der Waals surface area contributed by atoms with Crippen LogP contribution in [0.1, 0.15) is 30.9 Å². The largest absolute Gasteiger partial charge is 0.496 e. The second-order valence-corrected chi connectivity index (χ2v) is 5.23. The van der Waals surface area contributed by atoms with Crippen molar-refractivity contribution in [1.82, 2.24) is 0 Å². The molecule has 0 aliphatic heterocycles. The van der Waals surface area contributed by atoms with Crippen molar-refractivity contribution in [3.63, 3.8) is 0 Å². The Hall–Kier alpha value is -1.35. The van der Waals surface area contributed by atoms with Gasteiger partial charge in [-0.25, -0.2) is 0 Å². The van der Waals surface area contributed by atoms with Gasteiger partial charge in [0.05, 0.1) is 12.5 Å². The van der Waals surface area contributed by atoms with Crippen LogP contribution in [0.15, 0.2) is 18.2 Å². The van der Waals surface area contributed by atoms with Gasteiger partial charge in [-0.2, -0.15) is 0 Å². The minimum Gasteiger partial charge on any atom is -0.496 e. The van der Waals surface area contributed by atoms with Crippen LogP contribution in [0.4, 0.5) is 0 Å². The van der Waals surface area contributed by atoms with Crippen LogP contribution < -0.4 is 4.74 Å². The van der Waals surface area contributed by atoms with Crippen molar-refractivity contribution in [2.24, 2.45) is 5.92 Å². The molecular formula is C15H20O3. The Morgan fingerprint density at radius 3 is 2.78 bits per heavy atom. The third-order valence-electron chi connectivity index (χ3n) is 4.33. The highest BCUT2D eigenvalue weighted by molar-refractivity contribution is 5.92. The summed E-state index contributed by atoms with van der Waals surface area (Å²) in [6.07, 6.45) is 1.34. The molecule has 3 heteroatoms. The Kier molecular flexibility index (Phi) is 3.44. The number of hydrogen-bond donors (Lipinski definition) is 1. The number of ketones is 1. The van der Waals surface area contributed by atoms with Crippen molar-refractivity contribution in [3.05, 3.63) is 29.3 Å². The van der Waals surface area contributed by atoms with Gasteiger partial charge in [0.25, 0.3) is 0 Å². The van der Waals surface area contributed by atoms with Crippen molar-refractivity contribution in [2.45, 2.75) is 32.1 Å². The molecule has 0 radical (unpaired) electrons. The Morgan fingerprint density at radius 2 is 2.22 bits per heavy atom. The standard InChI is InChI=1S/C15H20O3/c1-10-8-11(4-6-13(10)18-3)15(2)12(9-16)5-7-14(15)17/h4,6,8,12,16H,5,7,9H2,1-3H3. The van der Waals surface area contributed by atoms with Crippen molar-refractivity contribution in [1.29, 1.82) is 0 Å². The fourth-order valence-corrected chi connectivity index (χ4v) is 2.95. The molecule has 0 aromatic heterocycles. The molecule has 2 rings (SSSR count). The van der Waals surface area contributed by atoms with E-state index < -0.39 is 5.41 Å². The fraction of sp³-hybridized carbons (Fsp3) is 0.533. The molecule has 1 fully saturated rings. The van der Waals surface area contributed by atoms with Gasteiger partial charge in [0.15, 0.2) is 0 Å². The van der Waals surface area contributed by atoms with Gasteiger partial charge in [-0.15, -0.1) is 0 Å². The van der Waals surface area contributed by atoms with Crippen LogP contribution in [0.3, 0.4) is 0 Å². The molecule has 1 aliphatic rings.